The Hall–Kier alpha value is -2.87. The van der Waals surface area contributed by atoms with Crippen molar-refractivity contribution in [2.75, 3.05) is 0 Å². The van der Waals surface area contributed by atoms with Crippen LogP contribution in [0.4, 0.5) is 0 Å². The second-order valence-corrected chi connectivity index (χ2v) is 6.81. The highest BCUT2D eigenvalue weighted by Gasteiger charge is 2.28. The summed E-state index contributed by atoms with van der Waals surface area (Å²) in [5.41, 5.74) is 1.78. The molecule has 0 aliphatic heterocycles. The van der Waals surface area contributed by atoms with Crippen molar-refractivity contribution in [1.82, 2.24) is 35.2 Å². The summed E-state index contributed by atoms with van der Waals surface area (Å²) >= 11 is 1.48. The number of hydrogen-bond acceptors (Lipinski definition) is 7. The van der Waals surface area contributed by atoms with E-state index in [-0.39, 0.29) is 0 Å². The predicted octanol–water partition coefficient (Wildman–Crippen LogP) is 3.16. The molecule has 1 fully saturated rings. The average molecular weight is 347 g/mol. The van der Waals surface area contributed by atoms with Gasteiger partial charge in [0.1, 0.15) is 5.03 Å². The molecule has 0 unspecified atom stereocenters. The first kappa shape index (κ1) is 14.5. The Balaban J connectivity index is 1.64. The van der Waals surface area contributed by atoms with Crippen molar-refractivity contribution in [1.29, 1.82) is 0 Å². The first-order valence-electron chi connectivity index (χ1n) is 8.01. The number of rotatable bonds is 4. The Labute approximate surface area is 147 Å². The summed E-state index contributed by atoms with van der Waals surface area (Å²) in [4.78, 5) is 13.6. The van der Waals surface area contributed by atoms with E-state index < -0.39 is 0 Å². The van der Waals surface area contributed by atoms with E-state index in [1.807, 2.05) is 41.1 Å². The Morgan fingerprint density at radius 3 is 2.80 bits per heavy atom. The normalized spacial score (nSPS) is 14.1. The molecule has 8 heteroatoms. The second-order valence-electron chi connectivity index (χ2n) is 5.85. The monoisotopic (exact) mass is 347 g/mol. The molecule has 0 spiro atoms. The van der Waals surface area contributed by atoms with Crippen LogP contribution in [0.25, 0.3) is 22.3 Å². The fourth-order valence-corrected chi connectivity index (χ4v) is 3.58. The Kier molecular flexibility index (Phi) is 3.41. The van der Waals surface area contributed by atoms with Crippen molar-refractivity contribution in [2.45, 2.75) is 29.1 Å². The van der Waals surface area contributed by atoms with Gasteiger partial charge in [-0.25, -0.2) is 14.6 Å². The van der Waals surface area contributed by atoms with E-state index >= 15 is 0 Å². The summed E-state index contributed by atoms with van der Waals surface area (Å²) < 4.78 is 1.89. The third-order valence-corrected chi connectivity index (χ3v) is 4.99. The number of aromatic nitrogens is 7. The number of para-hydroxylation sites is 1. The molecule has 3 aromatic heterocycles. The van der Waals surface area contributed by atoms with E-state index in [9.17, 15) is 0 Å². The molecule has 0 amide bonds. The molecule has 0 bridgehead atoms. The van der Waals surface area contributed by atoms with Gasteiger partial charge >= 0.3 is 0 Å². The Morgan fingerprint density at radius 1 is 1.04 bits per heavy atom. The van der Waals surface area contributed by atoms with Crippen molar-refractivity contribution in [3.05, 3.63) is 48.8 Å². The summed E-state index contributed by atoms with van der Waals surface area (Å²) in [5, 5.41) is 14.7. The maximum atomic E-state index is 4.77. The van der Waals surface area contributed by atoms with Crippen LogP contribution in [0.15, 0.2) is 59.0 Å². The van der Waals surface area contributed by atoms with Crippen LogP contribution in [0.5, 0.6) is 0 Å². The van der Waals surface area contributed by atoms with E-state index in [0.717, 1.165) is 39.5 Å². The van der Waals surface area contributed by atoms with Crippen LogP contribution in [0.2, 0.25) is 0 Å². The van der Waals surface area contributed by atoms with Gasteiger partial charge in [0.05, 0.1) is 11.6 Å². The summed E-state index contributed by atoms with van der Waals surface area (Å²) in [6.07, 6.45) is 5.77. The molecule has 0 saturated heterocycles. The average Bonchev–Trinajstić information content (AvgIpc) is 3.41. The molecule has 25 heavy (non-hydrogen) atoms. The fourth-order valence-electron chi connectivity index (χ4n) is 2.64. The molecule has 1 aliphatic carbocycles. The van der Waals surface area contributed by atoms with Gasteiger partial charge in [0.15, 0.2) is 5.82 Å². The summed E-state index contributed by atoms with van der Waals surface area (Å²) in [7, 11) is 0. The van der Waals surface area contributed by atoms with Crippen LogP contribution >= 0.6 is 11.8 Å². The third kappa shape index (κ3) is 2.74. The SMILES string of the molecule is c1cncc(-c2nc(Sc3nnnn3C3CC3)c3ccccc3n2)c1. The van der Waals surface area contributed by atoms with Crippen molar-refractivity contribution in [3.63, 3.8) is 0 Å². The molecule has 1 saturated carbocycles. The van der Waals surface area contributed by atoms with Crippen LogP contribution in [-0.2, 0) is 0 Å². The smallest absolute Gasteiger partial charge is 0.215 e. The maximum Gasteiger partial charge on any atom is 0.215 e. The zero-order chi connectivity index (χ0) is 16.6. The van der Waals surface area contributed by atoms with E-state index in [2.05, 4.69) is 25.5 Å². The number of nitrogens with zero attached hydrogens (tertiary/aromatic N) is 7. The lowest BCUT2D eigenvalue weighted by Crippen LogP contribution is -2.00. The third-order valence-electron chi connectivity index (χ3n) is 4.03. The Morgan fingerprint density at radius 2 is 1.96 bits per heavy atom. The first-order chi connectivity index (χ1) is 12.4. The van der Waals surface area contributed by atoms with Gasteiger partial charge in [-0.3, -0.25) is 4.98 Å². The van der Waals surface area contributed by atoms with Crippen LogP contribution in [0.1, 0.15) is 18.9 Å². The number of tetrazole rings is 1. The zero-order valence-corrected chi connectivity index (χ0v) is 14.0. The number of fused-ring (bicyclic) bond motifs is 1. The van der Waals surface area contributed by atoms with Crippen molar-refractivity contribution in [2.24, 2.45) is 0 Å². The van der Waals surface area contributed by atoms with Crippen LogP contribution < -0.4 is 0 Å². The number of hydrogen-bond donors (Lipinski definition) is 0. The summed E-state index contributed by atoms with van der Waals surface area (Å²) in [6, 6.07) is 12.2. The van der Waals surface area contributed by atoms with Crippen molar-refractivity contribution < 1.29 is 0 Å². The molecule has 7 nitrogen and oxygen atoms in total. The highest BCUT2D eigenvalue weighted by Crippen LogP contribution is 2.39. The molecule has 5 rings (SSSR count). The molecule has 0 radical (unpaired) electrons. The highest BCUT2D eigenvalue weighted by atomic mass is 32.2. The quantitative estimate of drug-likeness (QED) is 0.524. The van der Waals surface area contributed by atoms with Crippen LogP contribution in [0.3, 0.4) is 0 Å². The molecular weight excluding hydrogens is 334 g/mol. The molecule has 1 aliphatic rings. The summed E-state index contributed by atoms with van der Waals surface area (Å²) in [6.45, 7) is 0. The minimum atomic E-state index is 0.420. The largest absolute Gasteiger partial charge is 0.264 e. The number of benzene rings is 1. The molecule has 0 N–H and O–H groups in total. The van der Waals surface area contributed by atoms with Gasteiger partial charge in [-0.15, -0.1) is 5.10 Å². The topological polar surface area (TPSA) is 82.3 Å². The van der Waals surface area contributed by atoms with Crippen molar-refractivity contribution in [3.8, 4) is 11.4 Å². The lowest BCUT2D eigenvalue weighted by atomic mass is 10.2. The molecular formula is C17H13N7S. The molecule has 122 valence electrons. The minimum absolute atomic E-state index is 0.420. The standard InChI is InChI=1S/C17H13N7S/c1-2-6-14-13(5-1)16(20-15(19-14)11-4-3-9-18-10-11)25-17-21-22-23-24(17)12-7-8-12/h1-6,9-10,12H,7-8H2. The molecule has 0 atom stereocenters. The number of pyridine rings is 1. The second kappa shape index (κ2) is 5.89. The van der Waals surface area contributed by atoms with Gasteiger partial charge < -0.3 is 0 Å². The minimum Gasteiger partial charge on any atom is -0.264 e. The molecule has 3 heterocycles. The van der Waals surface area contributed by atoms with Gasteiger partial charge in [0.2, 0.25) is 5.16 Å². The van der Waals surface area contributed by atoms with Crippen LogP contribution in [0, 0.1) is 0 Å². The maximum absolute atomic E-state index is 4.77. The fraction of sp³-hybridized carbons (Fsp3) is 0.176. The molecule has 4 aromatic rings. The highest BCUT2D eigenvalue weighted by molar-refractivity contribution is 7.99. The van der Waals surface area contributed by atoms with Gasteiger partial charge in [0.25, 0.3) is 0 Å². The lowest BCUT2D eigenvalue weighted by molar-refractivity contribution is 0.565. The first-order valence-corrected chi connectivity index (χ1v) is 8.83. The van der Waals surface area contributed by atoms with E-state index in [4.69, 9.17) is 4.98 Å². The van der Waals surface area contributed by atoms with E-state index in [1.165, 1.54) is 11.8 Å². The zero-order valence-electron chi connectivity index (χ0n) is 13.1. The van der Waals surface area contributed by atoms with E-state index in [1.54, 1.807) is 12.4 Å². The van der Waals surface area contributed by atoms with Gasteiger partial charge in [-0.05, 0) is 53.2 Å². The van der Waals surface area contributed by atoms with Gasteiger partial charge in [0, 0.05) is 23.3 Å². The summed E-state index contributed by atoms with van der Waals surface area (Å²) in [5.74, 6) is 0.653. The van der Waals surface area contributed by atoms with Gasteiger partial charge in [-0.2, -0.15) is 0 Å². The van der Waals surface area contributed by atoms with Crippen LogP contribution in [-0.4, -0.2) is 35.2 Å². The molecule has 1 aromatic carbocycles. The van der Waals surface area contributed by atoms with Gasteiger partial charge in [-0.1, -0.05) is 18.2 Å². The van der Waals surface area contributed by atoms with E-state index in [0.29, 0.717) is 11.9 Å². The predicted molar refractivity (Wildman–Crippen MR) is 93.0 cm³/mol. The van der Waals surface area contributed by atoms with Crippen molar-refractivity contribution >= 4 is 22.7 Å². The lowest BCUT2D eigenvalue weighted by Gasteiger charge is -2.08. The Bertz CT molecular complexity index is 1040.